The molecule has 0 spiro atoms. The lowest BCUT2D eigenvalue weighted by atomic mass is 10.1. The van der Waals surface area contributed by atoms with Crippen LogP contribution >= 0.6 is 23.2 Å². The summed E-state index contributed by atoms with van der Waals surface area (Å²) in [4.78, 5) is 18.6. The first-order valence-electron chi connectivity index (χ1n) is 9.75. The Morgan fingerprint density at radius 3 is 1.82 bits per heavy atom. The van der Waals surface area contributed by atoms with Crippen molar-refractivity contribution in [2.24, 2.45) is 10.2 Å². The smallest absolute Gasteiger partial charge is 0.307 e. The van der Waals surface area contributed by atoms with Crippen molar-refractivity contribution in [1.82, 2.24) is 9.97 Å². The first-order chi connectivity index (χ1) is 16.0. The first kappa shape index (κ1) is 23.8. The highest BCUT2D eigenvalue weighted by atomic mass is 35.5. The van der Waals surface area contributed by atoms with Gasteiger partial charge in [0.15, 0.2) is 0 Å². The van der Waals surface area contributed by atoms with Crippen molar-refractivity contribution in [3.05, 3.63) is 107 Å². The zero-order valence-corrected chi connectivity index (χ0v) is 18.8. The summed E-state index contributed by atoms with van der Waals surface area (Å²) in [5, 5.41) is 21.0. The topological polar surface area (TPSA) is 99.8 Å². The number of halogens is 2. The van der Waals surface area contributed by atoms with Gasteiger partial charge in [0.05, 0.1) is 33.5 Å². The number of aliphatic carboxylic acids is 1. The van der Waals surface area contributed by atoms with Crippen molar-refractivity contribution >= 4 is 51.9 Å². The fraction of sp³-hybridized carbons (Fsp3) is 0.0417. The van der Waals surface area contributed by atoms with E-state index in [1.54, 1.807) is 85.5 Å². The zero-order valence-electron chi connectivity index (χ0n) is 17.3. The molecule has 9 heteroatoms. The van der Waals surface area contributed by atoms with Crippen LogP contribution in [0.25, 0.3) is 0 Å². The van der Waals surface area contributed by atoms with Gasteiger partial charge >= 0.3 is 5.97 Å². The maximum Gasteiger partial charge on any atom is 0.307 e. The van der Waals surface area contributed by atoms with E-state index in [-0.39, 0.29) is 6.42 Å². The molecule has 0 amide bonds. The minimum Gasteiger partial charge on any atom is -0.481 e. The third-order valence-corrected chi connectivity index (χ3v) is 4.82. The molecule has 4 aromatic rings. The van der Waals surface area contributed by atoms with E-state index in [0.29, 0.717) is 27.0 Å². The molecule has 0 saturated carbocycles. The molecule has 166 valence electrons. The Labute approximate surface area is 200 Å². The van der Waals surface area contributed by atoms with Gasteiger partial charge in [-0.3, -0.25) is 14.8 Å². The van der Waals surface area contributed by atoms with Crippen molar-refractivity contribution in [2.75, 3.05) is 5.32 Å². The van der Waals surface area contributed by atoms with Crippen LogP contribution in [0.5, 0.6) is 0 Å². The minimum atomic E-state index is -0.889. The number of anilines is 2. The Morgan fingerprint density at radius 2 is 1.30 bits per heavy atom. The van der Waals surface area contributed by atoms with Crippen LogP contribution in [0.1, 0.15) is 5.56 Å². The number of hydrogen-bond acceptors (Lipinski definition) is 6. The fourth-order valence-corrected chi connectivity index (χ4v) is 3.14. The van der Waals surface area contributed by atoms with Crippen LogP contribution in [0.4, 0.5) is 22.7 Å². The molecule has 0 aliphatic carbocycles. The van der Waals surface area contributed by atoms with E-state index in [0.717, 1.165) is 11.4 Å². The van der Waals surface area contributed by atoms with E-state index in [2.05, 4.69) is 25.5 Å². The summed E-state index contributed by atoms with van der Waals surface area (Å²) in [5.41, 5.74) is 3.50. The van der Waals surface area contributed by atoms with E-state index in [1.807, 2.05) is 6.07 Å². The van der Waals surface area contributed by atoms with E-state index in [9.17, 15) is 4.79 Å². The normalized spacial score (nSPS) is 10.4. The fourth-order valence-electron chi connectivity index (χ4n) is 2.65. The van der Waals surface area contributed by atoms with Crippen LogP contribution in [0.2, 0.25) is 10.0 Å². The number of nitrogens with one attached hydrogen (secondary N) is 1. The van der Waals surface area contributed by atoms with E-state index < -0.39 is 5.97 Å². The van der Waals surface area contributed by atoms with Crippen LogP contribution < -0.4 is 5.32 Å². The molecule has 4 rings (SSSR count). The van der Waals surface area contributed by atoms with Crippen molar-refractivity contribution in [3.8, 4) is 0 Å². The Hall–Kier alpha value is -3.81. The molecule has 0 saturated heterocycles. The van der Waals surface area contributed by atoms with Crippen molar-refractivity contribution < 1.29 is 9.90 Å². The summed E-state index contributed by atoms with van der Waals surface area (Å²) in [6.45, 7) is 0. The molecule has 7 nitrogen and oxygen atoms in total. The number of aromatic nitrogens is 2. The third-order valence-electron chi connectivity index (χ3n) is 4.19. The maximum absolute atomic E-state index is 10.8. The van der Waals surface area contributed by atoms with Gasteiger partial charge in [-0.2, -0.15) is 10.2 Å². The number of para-hydroxylation sites is 2. The number of hydrogen-bond donors (Lipinski definition) is 2. The molecule has 33 heavy (non-hydrogen) atoms. The maximum atomic E-state index is 10.8. The van der Waals surface area contributed by atoms with Gasteiger partial charge in [0.1, 0.15) is 0 Å². The highest BCUT2D eigenvalue weighted by molar-refractivity contribution is 6.39. The summed E-state index contributed by atoms with van der Waals surface area (Å²) in [7, 11) is 0. The van der Waals surface area contributed by atoms with Gasteiger partial charge < -0.3 is 10.4 Å². The molecule has 0 bridgehead atoms. The van der Waals surface area contributed by atoms with Crippen LogP contribution in [0, 0.1) is 0 Å². The summed E-state index contributed by atoms with van der Waals surface area (Å²) >= 11 is 12.1. The van der Waals surface area contributed by atoms with Gasteiger partial charge in [0.2, 0.25) is 0 Å². The number of pyridine rings is 2. The van der Waals surface area contributed by atoms with Crippen LogP contribution in [0.15, 0.2) is 102 Å². The number of azo groups is 1. The number of carbonyl (C=O) groups is 1. The first-order valence-corrected chi connectivity index (χ1v) is 10.5. The van der Waals surface area contributed by atoms with Crippen molar-refractivity contribution in [1.29, 1.82) is 0 Å². The second-order valence-corrected chi connectivity index (χ2v) is 7.37. The molecule has 0 radical (unpaired) electrons. The minimum absolute atomic E-state index is 0.0642. The number of rotatable bonds is 6. The predicted molar refractivity (Wildman–Crippen MR) is 130 cm³/mol. The average molecular weight is 480 g/mol. The van der Waals surface area contributed by atoms with E-state index >= 15 is 0 Å². The number of nitrogens with zero attached hydrogens (tertiary/aromatic N) is 4. The largest absolute Gasteiger partial charge is 0.481 e. The molecule has 0 fully saturated rings. The lowest BCUT2D eigenvalue weighted by Crippen LogP contribution is -2.04. The second-order valence-electron chi connectivity index (χ2n) is 6.56. The van der Waals surface area contributed by atoms with Gasteiger partial charge in [-0.1, -0.05) is 47.5 Å². The highest BCUT2D eigenvalue weighted by Crippen LogP contribution is 2.33. The molecular weight excluding hydrogens is 461 g/mol. The van der Waals surface area contributed by atoms with Crippen molar-refractivity contribution in [3.63, 3.8) is 0 Å². The van der Waals surface area contributed by atoms with Gasteiger partial charge in [0, 0.05) is 30.5 Å². The number of carboxylic acids is 1. The molecular formula is C24H19Cl2N5O2. The molecule has 2 aromatic carbocycles. The zero-order chi connectivity index (χ0) is 23.5. The molecule has 2 heterocycles. The lowest BCUT2D eigenvalue weighted by Gasteiger charge is -2.13. The quantitative estimate of drug-likeness (QED) is 0.283. The lowest BCUT2D eigenvalue weighted by molar-refractivity contribution is -0.136. The Morgan fingerprint density at radius 1 is 0.788 bits per heavy atom. The van der Waals surface area contributed by atoms with Gasteiger partial charge in [-0.25, -0.2) is 0 Å². The van der Waals surface area contributed by atoms with Gasteiger partial charge in [-0.05, 0) is 48.0 Å². The van der Waals surface area contributed by atoms with E-state index in [1.165, 1.54) is 0 Å². The SMILES string of the molecule is O=C(O)Cc1ccccc1Nc1c(Cl)cccc1Cl.c1cc(N=Nc2ccncc2)ccn1. The van der Waals surface area contributed by atoms with Crippen LogP contribution in [-0.4, -0.2) is 21.0 Å². The van der Waals surface area contributed by atoms with E-state index in [4.69, 9.17) is 28.3 Å². The molecule has 0 unspecified atom stereocenters. The molecule has 0 aliphatic rings. The number of benzene rings is 2. The summed E-state index contributed by atoms with van der Waals surface area (Å²) in [6.07, 6.45) is 6.66. The molecule has 0 aliphatic heterocycles. The second kappa shape index (κ2) is 12.3. The van der Waals surface area contributed by atoms with Gasteiger partial charge in [-0.15, -0.1) is 0 Å². The summed E-state index contributed by atoms with van der Waals surface area (Å²) in [6, 6.07) is 19.5. The summed E-state index contributed by atoms with van der Waals surface area (Å²) in [5.74, 6) is -0.889. The third kappa shape index (κ3) is 7.68. The molecule has 2 aromatic heterocycles. The summed E-state index contributed by atoms with van der Waals surface area (Å²) < 4.78 is 0. The highest BCUT2D eigenvalue weighted by Gasteiger charge is 2.10. The molecule has 2 N–H and O–H groups in total. The predicted octanol–water partition coefficient (Wildman–Crippen LogP) is 7.26. The average Bonchev–Trinajstić information content (AvgIpc) is 2.83. The Balaban J connectivity index is 0.000000194. The van der Waals surface area contributed by atoms with Gasteiger partial charge in [0.25, 0.3) is 0 Å². The van der Waals surface area contributed by atoms with Crippen LogP contribution in [0.3, 0.4) is 0 Å². The molecule has 0 atom stereocenters. The van der Waals surface area contributed by atoms with Crippen LogP contribution in [-0.2, 0) is 11.2 Å². The van der Waals surface area contributed by atoms with Crippen molar-refractivity contribution in [2.45, 2.75) is 6.42 Å². The number of carboxylic acid groups (broad SMARTS) is 1. The monoisotopic (exact) mass is 479 g/mol. The Bertz CT molecular complexity index is 1160. The Kier molecular flexibility index (Phi) is 8.88. The standard InChI is InChI=1S/C14H11Cl2NO2.C10H8N4/c15-10-5-3-6-11(16)14(10)17-12-7-2-1-4-9(12)8-13(18)19;1-5-11-6-2-9(1)13-14-10-3-7-12-8-4-10/h1-7,17H,8H2,(H,18,19);1-8H.